The summed E-state index contributed by atoms with van der Waals surface area (Å²) >= 11 is 0. The topological polar surface area (TPSA) is 33.0 Å². The zero-order valence-electron chi connectivity index (χ0n) is 12.7. The molecule has 0 fully saturated rings. The van der Waals surface area contributed by atoms with Crippen molar-refractivity contribution in [2.24, 2.45) is 5.92 Å². The first-order chi connectivity index (χ1) is 9.75. The Bertz CT molecular complexity index is 477. The Labute approximate surface area is 122 Å². The van der Waals surface area contributed by atoms with Gasteiger partial charge in [-0.05, 0) is 18.4 Å². The van der Waals surface area contributed by atoms with Gasteiger partial charge in [0.05, 0.1) is 18.1 Å². The van der Waals surface area contributed by atoms with Gasteiger partial charge in [-0.25, -0.2) is 0 Å². The molecule has 0 spiro atoms. The number of ether oxygens (including phenoxy) is 1. The zero-order chi connectivity index (χ0) is 14.4. The monoisotopic (exact) mass is 271 g/mol. The van der Waals surface area contributed by atoms with E-state index in [1.54, 1.807) is 0 Å². The van der Waals surface area contributed by atoms with Gasteiger partial charge in [-0.1, -0.05) is 57.7 Å². The lowest BCUT2D eigenvalue weighted by Crippen LogP contribution is -2.33. The molecule has 0 bridgehead atoms. The number of unbranched alkanes of at least 4 members (excludes halogenated alkanes) is 1. The Balaban J connectivity index is 2.24. The third-order valence-electron chi connectivity index (χ3n) is 4.58. The number of hydrogen-bond acceptors (Lipinski definition) is 2. The minimum atomic E-state index is -0.344. The van der Waals surface area contributed by atoms with Crippen LogP contribution in [0.4, 0.5) is 0 Å². The van der Waals surface area contributed by atoms with E-state index >= 15 is 0 Å². The van der Waals surface area contributed by atoms with Gasteiger partial charge in [-0.2, -0.15) is 5.26 Å². The van der Waals surface area contributed by atoms with E-state index in [4.69, 9.17) is 4.74 Å². The summed E-state index contributed by atoms with van der Waals surface area (Å²) in [6, 6.07) is 10.7. The average molecular weight is 271 g/mol. The highest BCUT2D eigenvalue weighted by molar-refractivity contribution is 5.45. The number of hydrogen-bond donors (Lipinski definition) is 0. The zero-order valence-corrected chi connectivity index (χ0v) is 12.7. The third kappa shape index (κ3) is 2.98. The van der Waals surface area contributed by atoms with E-state index in [-0.39, 0.29) is 5.41 Å². The smallest absolute Gasteiger partial charge is 0.124 e. The molecule has 1 aliphatic rings. The fraction of sp³-hybridized carbons (Fsp3) is 0.611. The molecule has 2 rings (SSSR count). The maximum atomic E-state index is 9.85. The summed E-state index contributed by atoms with van der Waals surface area (Å²) in [6.45, 7) is 5.14. The minimum Gasteiger partial charge on any atom is -0.493 e. The van der Waals surface area contributed by atoms with E-state index in [2.05, 4.69) is 26.0 Å². The predicted octanol–water partition coefficient (Wildman–Crippen LogP) is 4.84. The van der Waals surface area contributed by atoms with Gasteiger partial charge < -0.3 is 4.74 Å². The standard InChI is InChI=1S/C18H25NO/c1-3-5-8-15(4-2)13-18(14-19)11-12-20-17-10-7-6-9-16(17)18/h6-7,9-10,15H,3-5,8,11-13H2,1-2H3. The number of fused-ring (bicyclic) bond motifs is 1. The van der Waals surface area contributed by atoms with Crippen molar-refractivity contribution in [3.63, 3.8) is 0 Å². The Morgan fingerprint density at radius 1 is 1.35 bits per heavy atom. The Kier molecular flexibility index (Phi) is 5.06. The highest BCUT2D eigenvalue weighted by Gasteiger charge is 2.39. The van der Waals surface area contributed by atoms with Crippen molar-refractivity contribution < 1.29 is 4.74 Å². The highest BCUT2D eigenvalue weighted by atomic mass is 16.5. The van der Waals surface area contributed by atoms with Crippen LogP contribution < -0.4 is 4.74 Å². The lowest BCUT2D eigenvalue weighted by Gasteiger charge is -2.35. The molecule has 1 heterocycles. The summed E-state index contributed by atoms with van der Waals surface area (Å²) < 4.78 is 5.73. The first-order valence-corrected chi connectivity index (χ1v) is 7.89. The van der Waals surface area contributed by atoms with Gasteiger partial charge in [0, 0.05) is 12.0 Å². The third-order valence-corrected chi connectivity index (χ3v) is 4.58. The van der Waals surface area contributed by atoms with E-state index in [1.165, 1.54) is 19.3 Å². The van der Waals surface area contributed by atoms with Crippen molar-refractivity contribution in [3.8, 4) is 11.8 Å². The van der Waals surface area contributed by atoms with E-state index < -0.39 is 0 Å². The van der Waals surface area contributed by atoms with Gasteiger partial charge in [-0.15, -0.1) is 0 Å². The fourth-order valence-electron chi connectivity index (χ4n) is 3.27. The number of benzene rings is 1. The average Bonchev–Trinajstić information content (AvgIpc) is 2.51. The summed E-state index contributed by atoms with van der Waals surface area (Å²) in [5, 5.41) is 9.85. The van der Waals surface area contributed by atoms with Crippen molar-refractivity contribution in [2.75, 3.05) is 6.61 Å². The number of nitrogens with zero attached hydrogens (tertiary/aromatic N) is 1. The van der Waals surface area contributed by atoms with Gasteiger partial charge in [0.25, 0.3) is 0 Å². The Hall–Kier alpha value is -1.49. The van der Waals surface area contributed by atoms with Gasteiger partial charge >= 0.3 is 0 Å². The molecule has 20 heavy (non-hydrogen) atoms. The van der Waals surface area contributed by atoms with Gasteiger partial charge in [-0.3, -0.25) is 0 Å². The second-order valence-corrected chi connectivity index (χ2v) is 5.91. The van der Waals surface area contributed by atoms with E-state index in [9.17, 15) is 5.26 Å². The van der Waals surface area contributed by atoms with Crippen LogP contribution in [0.5, 0.6) is 5.75 Å². The normalized spacial score (nSPS) is 22.4. The fourth-order valence-corrected chi connectivity index (χ4v) is 3.27. The van der Waals surface area contributed by atoms with E-state index in [0.29, 0.717) is 12.5 Å². The van der Waals surface area contributed by atoms with Crippen LogP contribution in [0.15, 0.2) is 24.3 Å². The number of rotatable bonds is 6. The highest BCUT2D eigenvalue weighted by Crippen LogP contribution is 2.43. The number of nitriles is 1. The van der Waals surface area contributed by atoms with Crippen LogP contribution in [-0.2, 0) is 5.41 Å². The summed E-state index contributed by atoms with van der Waals surface area (Å²) in [6.07, 6.45) is 6.68. The van der Waals surface area contributed by atoms with Crippen molar-refractivity contribution >= 4 is 0 Å². The lowest BCUT2D eigenvalue weighted by molar-refractivity contribution is 0.214. The van der Waals surface area contributed by atoms with Crippen LogP contribution >= 0.6 is 0 Å². The van der Waals surface area contributed by atoms with Crippen LogP contribution in [0.3, 0.4) is 0 Å². The summed E-state index contributed by atoms with van der Waals surface area (Å²) in [5.74, 6) is 1.55. The maximum absolute atomic E-state index is 9.85. The van der Waals surface area contributed by atoms with E-state index in [0.717, 1.165) is 30.6 Å². The summed E-state index contributed by atoms with van der Waals surface area (Å²) in [5.41, 5.74) is 0.757. The van der Waals surface area contributed by atoms with Crippen LogP contribution in [0, 0.1) is 17.2 Å². The Morgan fingerprint density at radius 2 is 2.15 bits per heavy atom. The molecule has 0 saturated heterocycles. The van der Waals surface area contributed by atoms with Gasteiger partial charge in [0.1, 0.15) is 5.75 Å². The second-order valence-electron chi connectivity index (χ2n) is 5.91. The quantitative estimate of drug-likeness (QED) is 0.742. The van der Waals surface area contributed by atoms with Gasteiger partial charge in [0.15, 0.2) is 0 Å². The molecule has 2 atom stereocenters. The van der Waals surface area contributed by atoms with E-state index in [1.807, 2.05) is 18.2 Å². The van der Waals surface area contributed by atoms with Gasteiger partial charge in [0.2, 0.25) is 0 Å². The molecular weight excluding hydrogens is 246 g/mol. The molecule has 0 N–H and O–H groups in total. The molecule has 1 aromatic rings. The molecular formula is C18H25NO. The molecule has 1 aliphatic heterocycles. The molecule has 2 heteroatoms. The predicted molar refractivity (Wildman–Crippen MR) is 81.8 cm³/mol. The maximum Gasteiger partial charge on any atom is 0.124 e. The largest absolute Gasteiger partial charge is 0.493 e. The minimum absolute atomic E-state index is 0.344. The second kappa shape index (κ2) is 6.79. The van der Waals surface area contributed by atoms with Crippen molar-refractivity contribution in [1.82, 2.24) is 0 Å². The molecule has 1 aromatic carbocycles. The number of para-hydroxylation sites is 1. The van der Waals surface area contributed by atoms with Crippen LogP contribution in [0.1, 0.15) is 57.9 Å². The molecule has 2 unspecified atom stereocenters. The SMILES string of the molecule is CCCCC(CC)CC1(C#N)CCOc2ccccc21. The Morgan fingerprint density at radius 3 is 2.85 bits per heavy atom. The van der Waals surface area contributed by atoms with Crippen molar-refractivity contribution in [3.05, 3.63) is 29.8 Å². The van der Waals surface area contributed by atoms with Crippen molar-refractivity contribution in [1.29, 1.82) is 5.26 Å². The molecule has 0 aromatic heterocycles. The van der Waals surface area contributed by atoms with Crippen LogP contribution in [-0.4, -0.2) is 6.61 Å². The molecule has 2 nitrogen and oxygen atoms in total. The summed E-state index contributed by atoms with van der Waals surface area (Å²) in [4.78, 5) is 0. The molecule has 108 valence electrons. The molecule has 0 aliphatic carbocycles. The molecule has 0 amide bonds. The van der Waals surface area contributed by atoms with Crippen molar-refractivity contribution in [2.45, 2.75) is 57.8 Å². The summed E-state index contributed by atoms with van der Waals surface area (Å²) in [7, 11) is 0. The van der Waals surface area contributed by atoms with Crippen LogP contribution in [0.2, 0.25) is 0 Å². The molecule has 0 saturated carbocycles. The lowest BCUT2D eigenvalue weighted by atomic mass is 9.70. The van der Waals surface area contributed by atoms with Crippen LogP contribution in [0.25, 0.3) is 0 Å². The first-order valence-electron chi connectivity index (χ1n) is 7.89. The first kappa shape index (κ1) is 14.9. The molecule has 0 radical (unpaired) electrons.